The summed E-state index contributed by atoms with van der Waals surface area (Å²) in [6.45, 7) is 1.36. The van der Waals surface area contributed by atoms with Gasteiger partial charge in [-0.05, 0) is 46.4 Å². The second kappa shape index (κ2) is 14.1. The second-order valence-electron chi connectivity index (χ2n) is 11.0. The molecule has 224 valence electrons. The topological polar surface area (TPSA) is 79.3 Å². The average molecular weight is 614 g/mol. The van der Waals surface area contributed by atoms with Gasteiger partial charge in [-0.1, -0.05) is 96.5 Å². The number of halogens is 1. The predicted molar refractivity (Wildman–Crippen MR) is 176 cm³/mol. The molecule has 3 heterocycles. The van der Waals surface area contributed by atoms with Gasteiger partial charge in [0.2, 0.25) is 11.8 Å². The Kier molecular flexibility index (Phi) is 9.37. The first kappa shape index (κ1) is 29.9. The third-order valence-electron chi connectivity index (χ3n) is 7.99. The van der Waals surface area contributed by atoms with E-state index in [2.05, 4.69) is 27.1 Å². The van der Waals surface area contributed by atoms with Crippen molar-refractivity contribution in [1.29, 1.82) is 0 Å². The Morgan fingerprint density at radius 1 is 0.844 bits per heavy atom. The van der Waals surface area contributed by atoms with Crippen LogP contribution in [0.3, 0.4) is 0 Å². The van der Waals surface area contributed by atoms with Crippen molar-refractivity contribution in [3.05, 3.63) is 155 Å². The highest BCUT2D eigenvalue weighted by Crippen LogP contribution is 2.24. The number of hydrogen-bond acceptors (Lipinski definition) is 5. The minimum Gasteiger partial charge on any atom is -0.336 e. The molecule has 0 N–H and O–H groups in total. The molecule has 0 spiro atoms. The third kappa shape index (κ3) is 7.51. The molecule has 45 heavy (non-hydrogen) atoms. The van der Waals surface area contributed by atoms with E-state index in [1.807, 2.05) is 71.6 Å². The van der Waals surface area contributed by atoms with Crippen molar-refractivity contribution in [3.8, 4) is 11.3 Å². The Morgan fingerprint density at radius 2 is 1.62 bits per heavy atom. The molecule has 0 saturated carbocycles. The fourth-order valence-corrected chi connectivity index (χ4v) is 5.69. The number of carbonyl (C=O) groups is 2. The van der Waals surface area contributed by atoms with Crippen LogP contribution in [0.15, 0.2) is 122 Å². The van der Waals surface area contributed by atoms with E-state index < -0.39 is 6.04 Å². The van der Waals surface area contributed by atoms with Gasteiger partial charge in [-0.25, -0.2) is 4.98 Å². The molecule has 0 unspecified atom stereocenters. The smallest absolute Gasteiger partial charge is 0.247 e. The first-order chi connectivity index (χ1) is 22.0. The van der Waals surface area contributed by atoms with Crippen molar-refractivity contribution in [1.82, 2.24) is 24.8 Å². The highest BCUT2D eigenvalue weighted by molar-refractivity contribution is 6.29. The van der Waals surface area contributed by atoms with Gasteiger partial charge in [-0.15, -0.1) is 0 Å². The number of carbonyl (C=O) groups excluding carboxylic acids is 2. The molecule has 1 aliphatic rings. The van der Waals surface area contributed by atoms with Crippen LogP contribution < -0.4 is 0 Å². The highest BCUT2D eigenvalue weighted by Gasteiger charge is 2.34. The molecule has 7 nitrogen and oxygen atoms in total. The van der Waals surface area contributed by atoms with Gasteiger partial charge in [-0.3, -0.25) is 19.6 Å². The third-order valence-corrected chi connectivity index (χ3v) is 8.22. The van der Waals surface area contributed by atoms with Gasteiger partial charge in [0.25, 0.3) is 0 Å². The molecule has 0 bridgehead atoms. The van der Waals surface area contributed by atoms with Gasteiger partial charge >= 0.3 is 0 Å². The number of aromatic nitrogens is 3. The molecule has 0 radical (unpaired) electrons. The predicted octanol–water partition coefficient (Wildman–Crippen LogP) is 6.43. The van der Waals surface area contributed by atoms with Gasteiger partial charge in [0.15, 0.2) is 0 Å². The summed E-state index contributed by atoms with van der Waals surface area (Å²) >= 11 is 5.96. The SMILES string of the molecule is O=C([C@H](Cc1ccccc1)N(Cc1ccc(-c2cnccn2)cc1)C(=O)C=Cc1ccc(Cl)nc1)N1CCc2ccccc2C1. The summed E-state index contributed by atoms with van der Waals surface area (Å²) in [5, 5.41) is 0.377. The van der Waals surface area contributed by atoms with Crippen molar-refractivity contribution in [2.45, 2.75) is 32.0 Å². The maximum atomic E-state index is 14.5. The lowest BCUT2D eigenvalue weighted by Gasteiger charge is -2.37. The van der Waals surface area contributed by atoms with E-state index in [1.165, 1.54) is 11.6 Å². The van der Waals surface area contributed by atoms with Crippen molar-refractivity contribution in [2.75, 3.05) is 6.54 Å². The Hall–Kier alpha value is -5.14. The minimum absolute atomic E-state index is 0.0700. The number of nitrogens with zero attached hydrogens (tertiary/aromatic N) is 5. The molecule has 6 rings (SSSR count). The van der Waals surface area contributed by atoms with Crippen LogP contribution in [-0.2, 0) is 35.5 Å². The quantitative estimate of drug-likeness (QED) is 0.141. The molecule has 2 aromatic heterocycles. The van der Waals surface area contributed by atoms with Crippen molar-refractivity contribution >= 4 is 29.5 Å². The van der Waals surface area contributed by atoms with Gasteiger partial charge < -0.3 is 9.80 Å². The molecular formula is C37H32ClN5O2. The maximum absolute atomic E-state index is 14.5. The van der Waals surface area contributed by atoms with E-state index in [-0.39, 0.29) is 18.4 Å². The van der Waals surface area contributed by atoms with Crippen LogP contribution >= 0.6 is 11.6 Å². The van der Waals surface area contributed by atoms with E-state index in [4.69, 9.17) is 11.6 Å². The number of benzene rings is 3. The zero-order chi connectivity index (χ0) is 31.0. The largest absolute Gasteiger partial charge is 0.336 e. The lowest BCUT2D eigenvalue weighted by atomic mass is 9.97. The van der Waals surface area contributed by atoms with Gasteiger partial charge in [0, 0.05) is 56.3 Å². The van der Waals surface area contributed by atoms with Crippen LogP contribution in [0.5, 0.6) is 0 Å². The van der Waals surface area contributed by atoms with Gasteiger partial charge in [0.1, 0.15) is 11.2 Å². The van der Waals surface area contributed by atoms with Crippen LogP contribution in [0.1, 0.15) is 27.8 Å². The molecule has 1 aliphatic heterocycles. The fourth-order valence-electron chi connectivity index (χ4n) is 5.58. The molecule has 0 aliphatic carbocycles. The van der Waals surface area contributed by atoms with Crippen molar-refractivity contribution in [2.24, 2.45) is 0 Å². The molecule has 5 aromatic rings. The zero-order valence-corrected chi connectivity index (χ0v) is 25.4. The van der Waals surface area contributed by atoms with Crippen LogP contribution in [0.25, 0.3) is 17.3 Å². The maximum Gasteiger partial charge on any atom is 0.247 e. The fraction of sp³-hybridized carbons (Fsp3) is 0.162. The minimum atomic E-state index is -0.724. The second-order valence-corrected chi connectivity index (χ2v) is 11.4. The van der Waals surface area contributed by atoms with Crippen LogP contribution in [0, 0.1) is 0 Å². The summed E-state index contributed by atoms with van der Waals surface area (Å²) in [5.74, 6) is -0.339. The molecule has 8 heteroatoms. The normalized spacial score (nSPS) is 13.3. The van der Waals surface area contributed by atoms with Crippen molar-refractivity contribution < 1.29 is 9.59 Å². The molecule has 0 fully saturated rings. The van der Waals surface area contributed by atoms with Crippen molar-refractivity contribution in [3.63, 3.8) is 0 Å². The van der Waals surface area contributed by atoms with E-state index in [9.17, 15) is 9.59 Å². The van der Waals surface area contributed by atoms with E-state index in [0.29, 0.717) is 24.7 Å². The van der Waals surface area contributed by atoms with E-state index in [0.717, 1.165) is 39.9 Å². The Balaban J connectivity index is 1.34. The molecular weight excluding hydrogens is 582 g/mol. The molecule has 3 aromatic carbocycles. The number of pyridine rings is 1. The standard InChI is InChI=1S/C37H32ClN5O2/c38-35-16-12-28(23-41-35)13-17-36(44)43(25-29-10-14-31(15-11-29)33-24-39-19-20-40-33)34(22-27-6-2-1-3-7-27)37(45)42-21-18-30-8-4-5-9-32(30)26-42/h1-17,19-20,23-24,34H,18,21-22,25-26H2/t34-/m0/s1. The first-order valence-electron chi connectivity index (χ1n) is 14.9. The lowest BCUT2D eigenvalue weighted by Crippen LogP contribution is -2.52. The zero-order valence-electron chi connectivity index (χ0n) is 24.7. The summed E-state index contributed by atoms with van der Waals surface area (Å²) in [5.41, 5.74) is 6.70. The summed E-state index contributed by atoms with van der Waals surface area (Å²) in [7, 11) is 0. The molecule has 0 saturated heterocycles. The lowest BCUT2D eigenvalue weighted by molar-refractivity contribution is -0.144. The number of fused-ring (bicyclic) bond motifs is 1. The summed E-state index contributed by atoms with van der Waals surface area (Å²) in [6.07, 6.45) is 11.0. The molecule has 1 atom stereocenters. The molecule has 2 amide bonds. The average Bonchev–Trinajstić information content (AvgIpc) is 3.10. The Bertz CT molecular complexity index is 1780. The summed E-state index contributed by atoms with van der Waals surface area (Å²) < 4.78 is 0. The Morgan fingerprint density at radius 3 is 2.36 bits per heavy atom. The Labute approximate surface area is 267 Å². The van der Waals surface area contributed by atoms with Crippen LogP contribution in [0.2, 0.25) is 5.15 Å². The highest BCUT2D eigenvalue weighted by atomic mass is 35.5. The van der Waals surface area contributed by atoms with Crippen LogP contribution in [0.4, 0.5) is 0 Å². The van der Waals surface area contributed by atoms with Gasteiger partial charge in [0.05, 0.1) is 11.9 Å². The number of rotatable bonds is 9. The van der Waals surface area contributed by atoms with E-state index in [1.54, 1.807) is 47.9 Å². The van der Waals surface area contributed by atoms with E-state index >= 15 is 0 Å². The van der Waals surface area contributed by atoms with Crippen LogP contribution in [-0.4, -0.2) is 49.2 Å². The number of hydrogen-bond donors (Lipinski definition) is 0. The van der Waals surface area contributed by atoms with Gasteiger partial charge in [-0.2, -0.15) is 0 Å². The first-order valence-corrected chi connectivity index (χ1v) is 15.3. The summed E-state index contributed by atoms with van der Waals surface area (Å²) in [6, 6.07) is 28.7. The monoisotopic (exact) mass is 613 g/mol. The summed E-state index contributed by atoms with van der Waals surface area (Å²) in [4.78, 5) is 44.8. The number of amides is 2.